The summed E-state index contributed by atoms with van der Waals surface area (Å²) in [5, 5.41) is 14.2. The first-order valence-electron chi connectivity index (χ1n) is 11.1. The van der Waals surface area contributed by atoms with Crippen molar-refractivity contribution in [2.45, 2.75) is 38.1 Å². The normalized spacial score (nSPS) is 19.6. The van der Waals surface area contributed by atoms with Crippen LogP contribution >= 0.6 is 0 Å². The number of carbonyl (C=O) groups is 2. The highest BCUT2D eigenvalue weighted by molar-refractivity contribution is 5.98. The van der Waals surface area contributed by atoms with E-state index < -0.39 is 17.5 Å². The average molecular weight is 445 g/mol. The number of carbonyl (C=O) groups excluding carboxylic acids is 2. The topological polar surface area (TPSA) is 111 Å². The van der Waals surface area contributed by atoms with E-state index in [9.17, 15) is 19.7 Å². The van der Waals surface area contributed by atoms with Gasteiger partial charge in [0.25, 0.3) is 6.54 Å². The smallest absolute Gasteiger partial charge is 0.260 e. The number of likely N-dealkylation sites (tertiary alicyclic amines) is 2. The fourth-order valence-corrected chi connectivity index (χ4v) is 4.02. The molecule has 0 unspecified atom stereocenters. The Balaban J connectivity index is 1.74. The molecule has 1 aromatic carbocycles. The van der Waals surface area contributed by atoms with Crippen molar-refractivity contribution in [3.63, 3.8) is 0 Å². The minimum atomic E-state index is -0.729. The van der Waals surface area contributed by atoms with Crippen LogP contribution in [0.5, 0.6) is 0 Å². The zero-order valence-electron chi connectivity index (χ0n) is 18.8. The molecule has 2 fully saturated rings. The van der Waals surface area contributed by atoms with Crippen molar-refractivity contribution in [1.82, 2.24) is 9.80 Å². The van der Waals surface area contributed by atoms with Crippen LogP contribution in [0.25, 0.3) is 0 Å². The maximum atomic E-state index is 13.1. The lowest BCUT2D eigenvalue weighted by Crippen LogP contribution is -2.45. The summed E-state index contributed by atoms with van der Waals surface area (Å²) < 4.78 is 0. The zero-order chi connectivity index (χ0) is 23.1. The van der Waals surface area contributed by atoms with Crippen molar-refractivity contribution in [1.29, 1.82) is 0 Å². The van der Waals surface area contributed by atoms with Gasteiger partial charge in [-0.1, -0.05) is 0 Å². The van der Waals surface area contributed by atoms with Crippen molar-refractivity contribution >= 4 is 29.0 Å². The summed E-state index contributed by atoms with van der Waals surface area (Å²) in [6.45, 7) is 1.53. The number of rotatable bonds is 7. The summed E-state index contributed by atoms with van der Waals surface area (Å²) in [5.41, 5.74) is 1.67. The van der Waals surface area contributed by atoms with Gasteiger partial charge in [-0.05, 0) is 56.4 Å². The van der Waals surface area contributed by atoms with Gasteiger partial charge in [0.2, 0.25) is 11.8 Å². The molecule has 2 amide bonds. The number of nitrogens with one attached hydrogen (secondary N) is 1. The van der Waals surface area contributed by atoms with E-state index in [-0.39, 0.29) is 24.2 Å². The van der Waals surface area contributed by atoms with Crippen molar-refractivity contribution in [3.8, 4) is 0 Å². The van der Waals surface area contributed by atoms with Gasteiger partial charge < -0.3 is 20.0 Å². The van der Waals surface area contributed by atoms with Crippen LogP contribution in [0.2, 0.25) is 0 Å². The summed E-state index contributed by atoms with van der Waals surface area (Å²) in [5.74, 6) is -0.135. The molecule has 0 aliphatic carbocycles. The molecule has 0 bridgehead atoms. The van der Waals surface area contributed by atoms with Gasteiger partial charge in [-0.15, -0.1) is 0 Å². The molecule has 32 heavy (non-hydrogen) atoms. The van der Waals surface area contributed by atoms with Crippen molar-refractivity contribution in [3.05, 3.63) is 34.4 Å². The fraction of sp³-hybridized carbons (Fsp3) is 0.591. The second kappa shape index (κ2) is 10.9. The maximum absolute atomic E-state index is 13.1. The standard InChI is InChI=1S/C22H32N6O4/c1-25(2)18-10-8-17(9-11-18)23-20(15-28(31)32)24-19-7-3-4-14-27(22(19)30)16-21(29)26-12-5-6-13-26/h8-11,19H,3-7,12-16H2,1-2H3,(H,23,24)/t19-/m0/s1. The van der Waals surface area contributed by atoms with Crippen LogP contribution in [-0.4, -0.2) is 85.2 Å². The highest BCUT2D eigenvalue weighted by Gasteiger charge is 2.30. The molecular formula is C22H32N6O4. The number of nitro groups is 1. The number of anilines is 2. The van der Waals surface area contributed by atoms with Crippen LogP contribution in [-0.2, 0) is 9.59 Å². The molecule has 1 aromatic rings. The Labute approximate surface area is 188 Å². The molecule has 2 aliphatic heterocycles. The van der Waals surface area contributed by atoms with E-state index in [4.69, 9.17) is 0 Å². The van der Waals surface area contributed by atoms with Gasteiger partial charge in [-0.3, -0.25) is 24.7 Å². The molecule has 0 saturated carbocycles. The summed E-state index contributed by atoms with van der Waals surface area (Å²) in [4.78, 5) is 46.2. The van der Waals surface area contributed by atoms with Gasteiger partial charge in [0, 0.05) is 50.0 Å². The van der Waals surface area contributed by atoms with E-state index in [2.05, 4.69) is 10.3 Å². The monoisotopic (exact) mass is 444 g/mol. The van der Waals surface area contributed by atoms with Gasteiger partial charge in [-0.25, -0.2) is 0 Å². The molecule has 10 heteroatoms. The van der Waals surface area contributed by atoms with E-state index in [1.807, 2.05) is 43.3 Å². The molecule has 2 heterocycles. The third-order valence-corrected chi connectivity index (χ3v) is 5.80. The molecule has 3 rings (SSSR count). The highest BCUT2D eigenvalue weighted by atomic mass is 16.6. The van der Waals surface area contributed by atoms with E-state index in [1.54, 1.807) is 9.80 Å². The molecule has 10 nitrogen and oxygen atoms in total. The van der Waals surface area contributed by atoms with Crippen molar-refractivity contribution < 1.29 is 14.5 Å². The number of nitrogens with zero attached hydrogens (tertiary/aromatic N) is 5. The quantitative estimate of drug-likeness (QED) is 0.297. The largest absolute Gasteiger partial charge is 0.378 e. The lowest BCUT2D eigenvalue weighted by molar-refractivity contribution is -0.463. The number of amides is 2. The first kappa shape index (κ1) is 23.5. The summed E-state index contributed by atoms with van der Waals surface area (Å²) in [7, 11) is 3.86. The lowest BCUT2D eigenvalue weighted by atomic mass is 10.1. The third kappa shape index (κ3) is 6.41. The van der Waals surface area contributed by atoms with Gasteiger partial charge in [0.15, 0.2) is 5.84 Å². The molecular weight excluding hydrogens is 412 g/mol. The van der Waals surface area contributed by atoms with Crippen molar-refractivity contribution in [2.24, 2.45) is 4.99 Å². The Morgan fingerprint density at radius 3 is 2.44 bits per heavy atom. The van der Waals surface area contributed by atoms with Crippen LogP contribution < -0.4 is 10.2 Å². The second-order valence-corrected chi connectivity index (χ2v) is 8.49. The van der Waals surface area contributed by atoms with E-state index in [1.165, 1.54) is 0 Å². The number of benzene rings is 1. The first-order valence-corrected chi connectivity index (χ1v) is 11.1. The van der Waals surface area contributed by atoms with Crippen LogP contribution in [0.15, 0.2) is 29.3 Å². The third-order valence-electron chi connectivity index (χ3n) is 5.80. The minimum Gasteiger partial charge on any atom is -0.378 e. The summed E-state index contributed by atoms with van der Waals surface area (Å²) in [6.07, 6.45) is 4.07. The van der Waals surface area contributed by atoms with Crippen LogP contribution in [0.3, 0.4) is 0 Å². The Bertz CT molecular complexity index is 848. The number of hydrogen-bond donors (Lipinski definition) is 1. The fourth-order valence-electron chi connectivity index (χ4n) is 4.02. The molecule has 174 valence electrons. The predicted molar refractivity (Wildman–Crippen MR) is 124 cm³/mol. The first-order chi connectivity index (χ1) is 15.3. The Hall–Kier alpha value is -3.17. The van der Waals surface area contributed by atoms with E-state index in [0.29, 0.717) is 18.7 Å². The van der Waals surface area contributed by atoms with Crippen LogP contribution in [0.4, 0.5) is 11.4 Å². The van der Waals surface area contributed by atoms with E-state index in [0.717, 1.165) is 44.5 Å². The average Bonchev–Trinajstić information content (AvgIpc) is 3.24. The van der Waals surface area contributed by atoms with Crippen LogP contribution in [0.1, 0.15) is 32.1 Å². The van der Waals surface area contributed by atoms with Gasteiger partial charge in [-0.2, -0.15) is 0 Å². The van der Waals surface area contributed by atoms with E-state index >= 15 is 0 Å². The second-order valence-electron chi connectivity index (χ2n) is 8.49. The van der Waals surface area contributed by atoms with Crippen LogP contribution in [0, 0.1) is 10.1 Å². The molecule has 0 radical (unpaired) electrons. The zero-order valence-corrected chi connectivity index (χ0v) is 18.8. The van der Waals surface area contributed by atoms with Crippen molar-refractivity contribution in [2.75, 3.05) is 57.0 Å². The number of hydrogen-bond acceptors (Lipinski definition) is 6. The SMILES string of the molecule is CN(C)c1ccc(NC(C[N+](=O)[O-])=N[C@H]2CCCCN(CC(=O)N3CCCC3)C2=O)cc1. The maximum Gasteiger partial charge on any atom is 0.260 e. The lowest BCUT2D eigenvalue weighted by Gasteiger charge is -2.25. The minimum absolute atomic E-state index is 0.0369. The van der Waals surface area contributed by atoms with Gasteiger partial charge in [0.05, 0.1) is 6.54 Å². The number of aliphatic imine (C=N–C) groups is 1. The highest BCUT2D eigenvalue weighted by Crippen LogP contribution is 2.19. The number of amidine groups is 1. The predicted octanol–water partition coefficient (Wildman–Crippen LogP) is 1.84. The molecule has 0 aromatic heterocycles. The Kier molecular flexibility index (Phi) is 8.02. The molecule has 1 N–H and O–H groups in total. The molecule has 1 atom stereocenters. The Morgan fingerprint density at radius 1 is 1.16 bits per heavy atom. The van der Waals surface area contributed by atoms with Gasteiger partial charge >= 0.3 is 0 Å². The van der Waals surface area contributed by atoms with Gasteiger partial charge in [0.1, 0.15) is 6.04 Å². The molecule has 0 spiro atoms. The molecule has 2 saturated heterocycles. The molecule has 2 aliphatic rings. The summed E-state index contributed by atoms with van der Waals surface area (Å²) in [6, 6.07) is 6.71. The summed E-state index contributed by atoms with van der Waals surface area (Å²) >= 11 is 0. The Morgan fingerprint density at radius 2 is 1.81 bits per heavy atom.